The second-order valence-corrected chi connectivity index (χ2v) is 2.73. The van der Waals surface area contributed by atoms with Crippen LogP contribution in [0, 0.1) is 6.92 Å². The fourth-order valence-corrected chi connectivity index (χ4v) is 1.12. The lowest BCUT2D eigenvalue weighted by molar-refractivity contribution is 0.923. The smallest absolute Gasteiger partial charge is 0.125 e. The third-order valence-corrected chi connectivity index (χ3v) is 1.79. The predicted octanol–water partition coefficient (Wildman–Crippen LogP) is 1.78. The van der Waals surface area contributed by atoms with Gasteiger partial charge in [-0.05, 0) is 19.4 Å². The highest BCUT2D eigenvalue weighted by Gasteiger charge is 1.97. The van der Waals surface area contributed by atoms with Gasteiger partial charge in [-0.2, -0.15) is 12.6 Å². The van der Waals surface area contributed by atoms with Crippen molar-refractivity contribution in [1.82, 2.24) is 9.97 Å². The van der Waals surface area contributed by atoms with Crippen LogP contribution in [-0.4, -0.2) is 9.97 Å². The lowest BCUT2D eigenvalue weighted by atomic mass is 10.3. The van der Waals surface area contributed by atoms with Gasteiger partial charge in [0.25, 0.3) is 0 Å². The SMILES string of the molecule is CCc1cc(CS)nc(C)n1. The summed E-state index contributed by atoms with van der Waals surface area (Å²) in [5.41, 5.74) is 2.11. The maximum atomic E-state index is 4.26. The summed E-state index contributed by atoms with van der Waals surface area (Å²) in [7, 11) is 0. The zero-order valence-electron chi connectivity index (χ0n) is 6.83. The normalized spacial score (nSPS) is 10.1. The minimum Gasteiger partial charge on any atom is -0.238 e. The zero-order chi connectivity index (χ0) is 8.27. The number of hydrogen-bond acceptors (Lipinski definition) is 3. The Morgan fingerprint density at radius 1 is 1.36 bits per heavy atom. The standard InChI is InChI=1S/C8H12N2S/c1-3-7-4-8(5-11)10-6(2)9-7/h4,11H,3,5H2,1-2H3. The van der Waals surface area contributed by atoms with Gasteiger partial charge in [0.2, 0.25) is 0 Å². The van der Waals surface area contributed by atoms with E-state index in [-0.39, 0.29) is 0 Å². The van der Waals surface area contributed by atoms with Crippen LogP contribution in [0.15, 0.2) is 6.07 Å². The van der Waals surface area contributed by atoms with Gasteiger partial charge in [0, 0.05) is 11.4 Å². The molecule has 1 rings (SSSR count). The van der Waals surface area contributed by atoms with Crippen LogP contribution in [0.3, 0.4) is 0 Å². The Kier molecular flexibility index (Phi) is 2.88. The Morgan fingerprint density at radius 2 is 2.00 bits per heavy atom. The summed E-state index contributed by atoms with van der Waals surface area (Å²) in [6.07, 6.45) is 0.962. The molecule has 1 aromatic heterocycles. The molecule has 0 fully saturated rings. The molecular formula is C8H12N2S. The number of nitrogens with zero attached hydrogens (tertiary/aromatic N) is 2. The number of rotatable bonds is 2. The number of aromatic nitrogens is 2. The average Bonchev–Trinajstić information content (AvgIpc) is 2.03. The summed E-state index contributed by atoms with van der Waals surface area (Å²) < 4.78 is 0. The van der Waals surface area contributed by atoms with Crippen molar-refractivity contribution < 1.29 is 0 Å². The van der Waals surface area contributed by atoms with Gasteiger partial charge >= 0.3 is 0 Å². The Labute approximate surface area is 72.5 Å². The van der Waals surface area contributed by atoms with E-state index in [1.54, 1.807) is 0 Å². The molecule has 0 aliphatic heterocycles. The first kappa shape index (κ1) is 8.53. The van der Waals surface area contributed by atoms with Crippen LogP contribution in [0.4, 0.5) is 0 Å². The topological polar surface area (TPSA) is 25.8 Å². The predicted molar refractivity (Wildman–Crippen MR) is 48.8 cm³/mol. The van der Waals surface area contributed by atoms with Gasteiger partial charge in [0.1, 0.15) is 5.82 Å². The van der Waals surface area contributed by atoms with Crippen molar-refractivity contribution in [3.63, 3.8) is 0 Å². The molecule has 1 aromatic rings. The van der Waals surface area contributed by atoms with Crippen molar-refractivity contribution in [2.75, 3.05) is 0 Å². The van der Waals surface area contributed by atoms with E-state index in [2.05, 4.69) is 29.5 Å². The Balaban J connectivity index is 3.02. The zero-order valence-corrected chi connectivity index (χ0v) is 7.73. The van der Waals surface area contributed by atoms with Crippen molar-refractivity contribution >= 4 is 12.6 Å². The largest absolute Gasteiger partial charge is 0.238 e. The van der Waals surface area contributed by atoms with Gasteiger partial charge in [0.15, 0.2) is 0 Å². The molecule has 3 heteroatoms. The van der Waals surface area contributed by atoms with Gasteiger partial charge < -0.3 is 0 Å². The van der Waals surface area contributed by atoms with Crippen molar-refractivity contribution in [2.45, 2.75) is 26.0 Å². The summed E-state index contributed by atoms with van der Waals surface area (Å²) in [6.45, 7) is 4.00. The molecule has 0 bridgehead atoms. The highest BCUT2D eigenvalue weighted by Crippen LogP contribution is 2.03. The van der Waals surface area contributed by atoms with E-state index >= 15 is 0 Å². The van der Waals surface area contributed by atoms with Crippen LogP contribution in [0.5, 0.6) is 0 Å². The van der Waals surface area contributed by atoms with Gasteiger partial charge in [0.05, 0.1) is 5.69 Å². The Hall–Kier alpha value is -0.570. The summed E-state index contributed by atoms with van der Waals surface area (Å²) in [5, 5.41) is 0. The van der Waals surface area contributed by atoms with Crippen molar-refractivity contribution in [3.8, 4) is 0 Å². The lowest BCUT2D eigenvalue weighted by Gasteiger charge is -2.00. The Bertz CT molecular complexity index is 226. The van der Waals surface area contributed by atoms with E-state index in [0.717, 1.165) is 23.6 Å². The molecule has 0 aliphatic rings. The first-order valence-electron chi connectivity index (χ1n) is 3.70. The minimum absolute atomic E-state index is 0.691. The molecule has 60 valence electrons. The summed E-state index contributed by atoms with van der Waals surface area (Å²) >= 11 is 4.15. The maximum Gasteiger partial charge on any atom is 0.125 e. The molecule has 0 atom stereocenters. The summed E-state index contributed by atoms with van der Waals surface area (Å²) in [6, 6.07) is 2.00. The van der Waals surface area contributed by atoms with E-state index < -0.39 is 0 Å². The molecule has 0 spiro atoms. The second-order valence-electron chi connectivity index (χ2n) is 2.41. The molecule has 0 aromatic carbocycles. The van der Waals surface area contributed by atoms with E-state index in [4.69, 9.17) is 0 Å². The van der Waals surface area contributed by atoms with Crippen LogP contribution >= 0.6 is 12.6 Å². The van der Waals surface area contributed by atoms with E-state index in [0.29, 0.717) is 5.75 Å². The quantitative estimate of drug-likeness (QED) is 0.681. The third kappa shape index (κ3) is 2.19. The fourth-order valence-electron chi connectivity index (χ4n) is 0.960. The van der Waals surface area contributed by atoms with Crippen molar-refractivity contribution in [1.29, 1.82) is 0 Å². The molecule has 2 nitrogen and oxygen atoms in total. The minimum atomic E-state index is 0.691. The number of hydrogen-bond donors (Lipinski definition) is 1. The van der Waals surface area contributed by atoms with Gasteiger partial charge in [-0.15, -0.1) is 0 Å². The van der Waals surface area contributed by atoms with Crippen LogP contribution in [-0.2, 0) is 12.2 Å². The van der Waals surface area contributed by atoms with Crippen molar-refractivity contribution in [2.24, 2.45) is 0 Å². The van der Waals surface area contributed by atoms with Gasteiger partial charge in [-0.25, -0.2) is 9.97 Å². The van der Waals surface area contributed by atoms with Crippen LogP contribution in [0.1, 0.15) is 24.1 Å². The third-order valence-electron chi connectivity index (χ3n) is 1.47. The number of thiol groups is 1. The second kappa shape index (κ2) is 3.72. The molecule has 0 amide bonds. The molecule has 1 heterocycles. The highest BCUT2D eigenvalue weighted by molar-refractivity contribution is 7.79. The number of aryl methyl sites for hydroxylation is 2. The average molecular weight is 168 g/mol. The van der Waals surface area contributed by atoms with Gasteiger partial charge in [-0.1, -0.05) is 6.92 Å². The molecule has 0 radical (unpaired) electrons. The molecule has 0 aliphatic carbocycles. The van der Waals surface area contributed by atoms with Gasteiger partial charge in [-0.3, -0.25) is 0 Å². The molecule has 0 saturated heterocycles. The van der Waals surface area contributed by atoms with Crippen LogP contribution in [0.25, 0.3) is 0 Å². The first-order chi connectivity index (χ1) is 5.26. The maximum absolute atomic E-state index is 4.26. The van der Waals surface area contributed by atoms with E-state index in [1.807, 2.05) is 13.0 Å². The molecule has 0 N–H and O–H groups in total. The van der Waals surface area contributed by atoms with E-state index in [9.17, 15) is 0 Å². The first-order valence-corrected chi connectivity index (χ1v) is 4.33. The molecular weight excluding hydrogens is 156 g/mol. The van der Waals surface area contributed by atoms with Crippen LogP contribution in [0.2, 0.25) is 0 Å². The van der Waals surface area contributed by atoms with Crippen LogP contribution < -0.4 is 0 Å². The summed E-state index contributed by atoms with van der Waals surface area (Å²) in [5.74, 6) is 1.53. The van der Waals surface area contributed by atoms with E-state index in [1.165, 1.54) is 0 Å². The molecule has 0 saturated carbocycles. The fraction of sp³-hybridized carbons (Fsp3) is 0.500. The molecule has 11 heavy (non-hydrogen) atoms. The monoisotopic (exact) mass is 168 g/mol. The highest BCUT2D eigenvalue weighted by atomic mass is 32.1. The lowest BCUT2D eigenvalue weighted by Crippen LogP contribution is -1.97. The Morgan fingerprint density at radius 3 is 2.55 bits per heavy atom. The summed E-state index contributed by atoms with van der Waals surface area (Å²) in [4.78, 5) is 8.47. The molecule has 0 unspecified atom stereocenters. The van der Waals surface area contributed by atoms with Crippen molar-refractivity contribution in [3.05, 3.63) is 23.3 Å².